The maximum absolute atomic E-state index is 14.3. The zero-order chi connectivity index (χ0) is 26.8. The number of amides is 3. The quantitative estimate of drug-likeness (QED) is 0.382. The van der Waals surface area contributed by atoms with Crippen LogP contribution in [0.3, 0.4) is 0 Å². The summed E-state index contributed by atoms with van der Waals surface area (Å²) in [5.41, 5.74) is 1.98. The first-order valence-corrected chi connectivity index (χ1v) is 14.5. The normalized spacial score (nSPS) is 27.8. The number of likely N-dealkylation sites (N-methyl/N-ethyl adjacent to an activating group) is 1. The minimum Gasteiger partial charge on any atom is -0.390 e. The summed E-state index contributed by atoms with van der Waals surface area (Å²) in [5, 5.41) is 19.9. The molecule has 0 radical (unpaired) electrons. The molecule has 2 aliphatic carbocycles. The molecule has 224 valence electrons. The van der Waals surface area contributed by atoms with Crippen molar-refractivity contribution in [3.05, 3.63) is 35.4 Å². The number of carbonyl (C=O) groups excluding carboxylic acids is 3. The number of benzene rings is 1. The van der Waals surface area contributed by atoms with Crippen LogP contribution in [0.4, 0.5) is 0 Å². The Kier molecular flexibility index (Phi) is 11.7. The van der Waals surface area contributed by atoms with Crippen LogP contribution in [-0.2, 0) is 20.8 Å². The third-order valence-electron chi connectivity index (χ3n) is 9.29. The van der Waals surface area contributed by atoms with Gasteiger partial charge < -0.3 is 26.0 Å². The van der Waals surface area contributed by atoms with Crippen LogP contribution in [0, 0.1) is 5.92 Å². The number of hydrogen-bond donors (Lipinski definition) is 4. The molecule has 3 amide bonds. The van der Waals surface area contributed by atoms with Crippen molar-refractivity contribution in [3.63, 3.8) is 0 Å². The Morgan fingerprint density at radius 3 is 2.45 bits per heavy atom. The fraction of sp³-hybridized carbons (Fsp3) is 0.690. The zero-order valence-electron chi connectivity index (χ0n) is 23.5. The summed E-state index contributed by atoms with van der Waals surface area (Å²) in [4.78, 5) is 45.1. The SMILES string of the molecule is CN[C@@H](C)C(=O)N[C@H](C(=O)N1C[C@H]2CCCN2C[C@H]1C(=O)N[C@H]1c2ccccc2C[C@H]1O)C1CCCCC1.Cl.Cl. The van der Waals surface area contributed by atoms with Crippen molar-refractivity contribution in [1.29, 1.82) is 0 Å². The molecular weight excluding hydrogens is 553 g/mol. The Morgan fingerprint density at radius 1 is 1.00 bits per heavy atom. The Morgan fingerprint density at radius 2 is 1.73 bits per heavy atom. The number of aliphatic hydroxyl groups excluding tert-OH is 1. The largest absolute Gasteiger partial charge is 0.390 e. The van der Waals surface area contributed by atoms with Crippen LogP contribution >= 0.6 is 24.8 Å². The van der Waals surface area contributed by atoms with E-state index in [4.69, 9.17) is 0 Å². The van der Waals surface area contributed by atoms with Gasteiger partial charge in [0, 0.05) is 25.6 Å². The molecule has 2 saturated heterocycles. The van der Waals surface area contributed by atoms with Crippen LogP contribution in [0.25, 0.3) is 0 Å². The Labute approximate surface area is 250 Å². The number of carbonyl (C=O) groups is 3. The van der Waals surface area contributed by atoms with Gasteiger partial charge in [-0.15, -0.1) is 24.8 Å². The van der Waals surface area contributed by atoms with E-state index in [0.717, 1.165) is 62.6 Å². The summed E-state index contributed by atoms with van der Waals surface area (Å²) in [6.07, 6.45) is 6.91. The molecule has 0 spiro atoms. The molecule has 3 fully saturated rings. The lowest BCUT2D eigenvalue weighted by Crippen LogP contribution is -2.66. The summed E-state index contributed by atoms with van der Waals surface area (Å²) in [6.45, 7) is 3.68. The monoisotopic (exact) mass is 597 g/mol. The van der Waals surface area contributed by atoms with Crippen LogP contribution in [-0.4, -0.2) is 89.6 Å². The second-order valence-corrected chi connectivity index (χ2v) is 11.6. The van der Waals surface area contributed by atoms with Gasteiger partial charge in [-0.1, -0.05) is 43.5 Å². The van der Waals surface area contributed by atoms with Crippen LogP contribution < -0.4 is 16.0 Å². The molecule has 11 heteroatoms. The van der Waals surface area contributed by atoms with Gasteiger partial charge in [-0.05, 0) is 63.2 Å². The van der Waals surface area contributed by atoms with E-state index >= 15 is 0 Å². The van der Waals surface area contributed by atoms with Crippen molar-refractivity contribution < 1.29 is 19.5 Å². The molecule has 6 atom stereocenters. The highest BCUT2D eigenvalue weighted by molar-refractivity contribution is 5.93. The standard InChI is InChI=1S/C29H43N5O4.2ClH/c1-18(30-2)27(36)31-25(19-9-4-3-5-10-19)29(38)34-16-21-12-8-14-33(21)17-23(34)28(37)32-26-22-13-7-6-11-20(22)15-24(26)35;;/h6-7,11,13,18-19,21,23-26,30,35H,3-5,8-10,12,14-17H2,1-2H3,(H,31,36)(H,32,37);2*1H/t18-,21+,23-,24+,25-,26-;;/m0../s1. The first-order valence-electron chi connectivity index (χ1n) is 14.5. The second-order valence-electron chi connectivity index (χ2n) is 11.6. The van der Waals surface area contributed by atoms with Crippen molar-refractivity contribution in [2.75, 3.05) is 26.7 Å². The average Bonchev–Trinajstić information content (AvgIpc) is 3.53. The van der Waals surface area contributed by atoms with E-state index < -0.39 is 30.3 Å². The van der Waals surface area contributed by atoms with Gasteiger partial charge in [0.15, 0.2) is 0 Å². The maximum Gasteiger partial charge on any atom is 0.246 e. The van der Waals surface area contributed by atoms with E-state index in [1.165, 1.54) is 0 Å². The van der Waals surface area contributed by atoms with E-state index in [9.17, 15) is 19.5 Å². The molecule has 9 nitrogen and oxygen atoms in total. The van der Waals surface area contributed by atoms with Crippen molar-refractivity contribution in [3.8, 4) is 0 Å². The zero-order valence-corrected chi connectivity index (χ0v) is 25.1. The Balaban J connectivity index is 0.00000220. The highest BCUT2D eigenvalue weighted by atomic mass is 35.5. The number of fused-ring (bicyclic) bond motifs is 2. The van der Waals surface area contributed by atoms with Gasteiger partial charge in [0.2, 0.25) is 17.7 Å². The molecule has 1 aromatic carbocycles. The van der Waals surface area contributed by atoms with Crippen molar-refractivity contribution in [2.45, 2.75) is 94.6 Å². The smallest absolute Gasteiger partial charge is 0.246 e. The molecule has 2 heterocycles. The molecule has 1 saturated carbocycles. The van der Waals surface area contributed by atoms with Crippen LogP contribution in [0.15, 0.2) is 24.3 Å². The highest BCUT2D eigenvalue weighted by Gasteiger charge is 2.46. The first-order chi connectivity index (χ1) is 18.4. The van der Waals surface area contributed by atoms with Crippen molar-refractivity contribution >= 4 is 42.5 Å². The molecule has 40 heavy (non-hydrogen) atoms. The van der Waals surface area contributed by atoms with Crippen molar-refractivity contribution in [1.82, 2.24) is 25.8 Å². The number of aliphatic hydroxyl groups is 1. The molecule has 4 N–H and O–H groups in total. The van der Waals surface area contributed by atoms with Gasteiger partial charge in [-0.25, -0.2) is 0 Å². The number of rotatable bonds is 7. The first kappa shape index (κ1) is 32.6. The lowest BCUT2D eigenvalue weighted by atomic mass is 9.82. The van der Waals surface area contributed by atoms with E-state index in [0.29, 0.717) is 19.5 Å². The average molecular weight is 599 g/mol. The van der Waals surface area contributed by atoms with Gasteiger partial charge in [0.25, 0.3) is 0 Å². The predicted octanol–water partition coefficient (Wildman–Crippen LogP) is 1.95. The summed E-state index contributed by atoms with van der Waals surface area (Å²) in [5.74, 6) is -0.505. The fourth-order valence-electron chi connectivity index (χ4n) is 6.92. The summed E-state index contributed by atoms with van der Waals surface area (Å²) in [6, 6.07) is 5.83. The predicted molar refractivity (Wildman–Crippen MR) is 159 cm³/mol. The van der Waals surface area contributed by atoms with E-state index in [-0.39, 0.29) is 54.5 Å². The summed E-state index contributed by atoms with van der Waals surface area (Å²) < 4.78 is 0. The lowest BCUT2D eigenvalue weighted by molar-refractivity contribution is -0.149. The minimum atomic E-state index is -0.694. The van der Waals surface area contributed by atoms with Crippen LogP contribution in [0.1, 0.15) is 69.0 Å². The molecule has 4 aliphatic rings. The molecule has 5 rings (SSSR count). The summed E-state index contributed by atoms with van der Waals surface area (Å²) in [7, 11) is 1.73. The van der Waals surface area contributed by atoms with Crippen molar-refractivity contribution in [2.24, 2.45) is 5.92 Å². The Hall–Kier alpha value is -1.91. The number of halogens is 2. The second kappa shape index (κ2) is 14.3. The maximum atomic E-state index is 14.3. The van der Waals surface area contributed by atoms with E-state index in [2.05, 4.69) is 20.9 Å². The fourth-order valence-corrected chi connectivity index (χ4v) is 6.92. The number of piperazine rings is 1. The third kappa shape index (κ3) is 6.76. The Bertz CT molecular complexity index is 1040. The van der Waals surface area contributed by atoms with Gasteiger partial charge in [-0.3, -0.25) is 19.3 Å². The van der Waals surface area contributed by atoms with Gasteiger partial charge in [0.1, 0.15) is 12.1 Å². The highest BCUT2D eigenvalue weighted by Crippen LogP contribution is 2.33. The third-order valence-corrected chi connectivity index (χ3v) is 9.29. The van der Waals surface area contributed by atoms with E-state index in [1.807, 2.05) is 24.3 Å². The van der Waals surface area contributed by atoms with Gasteiger partial charge in [0.05, 0.1) is 18.2 Å². The topological polar surface area (TPSA) is 114 Å². The lowest BCUT2D eigenvalue weighted by Gasteiger charge is -2.45. The van der Waals surface area contributed by atoms with E-state index in [1.54, 1.807) is 18.9 Å². The number of nitrogens with one attached hydrogen (secondary N) is 3. The van der Waals surface area contributed by atoms with Crippen LogP contribution in [0.5, 0.6) is 0 Å². The molecule has 0 unspecified atom stereocenters. The van der Waals surface area contributed by atoms with Gasteiger partial charge >= 0.3 is 0 Å². The molecule has 2 aliphatic heterocycles. The number of nitrogens with zero attached hydrogens (tertiary/aromatic N) is 2. The van der Waals surface area contributed by atoms with Crippen LogP contribution in [0.2, 0.25) is 0 Å². The molecule has 1 aromatic rings. The van der Waals surface area contributed by atoms with Gasteiger partial charge in [-0.2, -0.15) is 0 Å². The summed E-state index contributed by atoms with van der Waals surface area (Å²) >= 11 is 0. The molecular formula is C29H45Cl2N5O4. The number of hydrogen-bond acceptors (Lipinski definition) is 6. The molecule has 0 bridgehead atoms. The minimum absolute atomic E-state index is 0. The molecule has 0 aromatic heterocycles.